The van der Waals surface area contributed by atoms with Crippen LogP contribution in [0.3, 0.4) is 0 Å². The van der Waals surface area contributed by atoms with E-state index in [9.17, 15) is 4.79 Å². The van der Waals surface area contributed by atoms with Gasteiger partial charge in [-0.25, -0.2) is 0 Å². The summed E-state index contributed by atoms with van der Waals surface area (Å²) in [5, 5.41) is 0. The zero-order valence-electron chi connectivity index (χ0n) is 19.7. The Morgan fingerprint density at radius 2 is 1.88 bits per heavy atom. The number of hydrogen-bond acceptors (Lipinski definition) is 3. The van der Waals surface area contributed by atoms with Gasteiger partial charge < -0.3 is 9.64 Å². The molecule has 4 unspecified atom stereocenters. The molecule has 3 heteroatoms. The molecule has 0 aromatic heterocycles. The molecule has 1 heterocycles. The van der Waals surface area contributed by atoms with Crippen molar-refractivity contribution in [3.63, 3.8) is 0 Å². The molecule has 2 saturated carbocycles. The van der Waals surface area contributed by atoms with Crippen molar-refractivity contribution < 1.29 is 9.53 Å². The van der Waals surface area contributed by atoms with Gasteiger partial charge in [-0.2, -0.15) is 0 Å². The van der Waals surface area contributed by atoms with E-state index >= 15 is 0 Å². The molecule has 5 aliphatic rings. The fourth-order valence-corrected chi connectivity index (χ4v) is 7.91. The lowest BCUT2D eigenvalue weighted by molar-refractivity contribution is -0.116. The Labute approximate surface area is 192 Å². The molecule has 1 aromatic carbocycles. The van der Waals surface area contributed by atoms with Crippen LogP contribution >= 0.6 is 0 Å². The highest BCUT2D eigenvalue weighted by molar-refractivity contribution is 5.98. The summed E-state index contributed by atoms with van der Waals surface area (Å²) in [5.74, 6) is 1.67. The molecule has 1 aliphatic heterocycles. The second-order valence-electron chi connectivity index (χ2n) is 11.2. The molecule has 5 atom stereocenters. The van der Waals surface area contributed by atoms with Crippen molar-refractivity contribution in [2.75, 3.05) is 19.0 Å². The standard InChI is InChI=1S/C29H35NO2/c1-28-14-11-22-23(26(28)12-15-29(28)13-4-16-32-29)10-7-20-17-27(31)25(18-24(20)22)19-5-8-21(9-6-19)30(2)3/h4-6,8-9,16-17,23,25-26H,7,10-15,18H2,1-3H3/t23?,25?,26?,28-,29?/m0/s1. The molecule has 3 nitrogen and oxygen atoms in total. The SMILES string of the molecule is CN(C)c1ccc(C2CC3=C4CC[C@@]5(C)C(CCC56CC=CO6)C4CCC3=CC2=O)cc1. The van der Waals surface area contributed by atoms with Gasteiger partial charge >= 0.3 is 0 Å². The Kier molecular flexibility index (Phi) is 4.51. The highest BCUT2D eigenvalue weighted by Gasteiger charge is 2.62. The number of fused-ring (bicyclic) bond motifs is 5. The van der Waals surface area contributed by atoms with E-state index in [2.05, 4.69) is 56.3 Å². The van der Waals surface area contributed by atoms with Gasteiger partial charge in [-0.3, -0.25) is 4.79 Å². The van der Waals surface area contributed by atoms with Gasteiger partial charge in [0.1, 0.15) is 5.60 Å². The summed E-state index contributed by atoms with van der Waals surface area (Å²) in [7, 11) is 4.11. The average molecular weight is 430 g/mol. The molecule has 4 aliphatic carbocycles. The van der Waals surface area contributed by atoms with Crippen LogP contribution in [0.15, 0.2) is 59.4 Å². The Bertz CT molecular complexity index is 1040. The van der Waals surface area contributed by atoms with Crippen LogP contribution in [0, 0.1) is 17.3 Å². The number of anilines is 1. The van der Waals surface area contributed by atoms with Crippen LogP contribution in [0.1, 0.15) is 69.8 Å². The maximum absolute atomic E-state index is 13.1. The van der Waals surface area contributed by atoms with Gasteiger partial charge in [0.25, 0.3) is 0 Å². The fraction of sp³-hybridized carbons (Fsp3) is 0.552. The normalized spacial score (nSPS) is 37.7. The number of carbonyl (C=O) groups excluding carboxylic acids is 1. The summed E-state index contributed by atoms with van der Waals surface area (Å²) in [6.07, 6.45) is 15.3. The maximum Gasteiger partial charge on any atom is 0.163 e. The molecule has 0 N–H and O–H groups in total. The molecule has 1 aromatic rings. The predicted octanol–water partition coefficient (Wildman–Crippen LogP) is 6.32. The molecule has 0 amide bonds. The molecular weight excluding hydrogens is 394 g/mol. The molecule has 32 heavy (non-hydrogen) atoms. The number of benzene rings is 1. The highest BCUT2D eigenvalue weighted by atomic mass is 16.5. The number of carbonyl (C=O) groups is 1. The van der Waals surface area contributed by atoms with E-state index in [0.717, 1.165) is 30.7 Å². The van der Waals surface area contributed by atoms with Crippen molar-refractivity contribution in [3.8, 4) is 0 Å². The molecule has 0 saturated heterocycles. The Morgan fingerprint density at radius 1 is 1.06 bits per heavy atom. The maximum atomic E-state index is 13.1. The molecule has 168 valence electrons. The van der Waals surface area contributed by atoms with Gasteiger partial charge in [0, 0.05) is 31.6 Å². The first-order valence-corrected chi connectivity index (χ1v) is 12.5. The van der Waals surface area contributed by atoms with Crippen LogP contribution in [0.2, 0.25) is 0 Å². The molecule has 2 fully saturated rings. The molecule has 0 radical (unpaired) electrons. The minimum absolute atomic E-state index is 0.0261. The minimum atomic E-state index is -0.0261. The summed E-state index contributed by atoms with van der Waals surface area (Å²) in [5.41, 5.74) is 7.24. The largest absolute Gasteiger partial charge is 0.494 e. The van der Waals surface area contributed by atoms with Gasteiger partial charge in [-0.1, -0.05) is 24.6 Å². The van der Waals surface area contributed by atoms with Crippen LogP contribution < -0.4 is 4.90 Å². The summed E-state index contributed by atoms with van der Waals surface area (Å²) in [6, 6.07) is 8.60. The quantitative estimate of drug-likeness (QED) is 0.550. The molecular formula is C29H35NO2. The minimum Gasteiger partial charge on any atom is -0.494 e. The first-order valence-electron chi connectivity index (χ1n) is 12.5. The number of allylic oxidation sites excluding steroid dienone is 4. The van der Waals surface area contributed by atoms with E-state index in [1.165, 1.54) is 48.9 Å². The van der Waals surface area contributed by atoms with Crippen molar-refractivity contribution in [1.82, 2.24) is 0 Å². The van der Waals surface area contributed by atoms with Gasteiger partial charge in [0.05, 0.1) is 12.2 Å². The topological polar surface area (TPSA) is 29.5 Å². The lowest BCUT2D eigenvalue weighted by atomic mass is 9.54. The second-order valence-corrected chi connectivity index (χ2v) is 11.2. The van der Waals surface area contributed by atoms with Crippen molar-refractivity contribution in [2.45, 2.75) is 69.8 Å². The molecule has 6 rings (SSSR count). The Hall–Kier alpha value is -2.29. The molecule has 1 spiro atoms. The lowest BCUT2D eigenvalue weighted by Crippen LogP contribution is -2.49. The number of ketones is 1. The van der Waals surface area contributed by atoms with Crippen LogP contribution in [0.25, 0.3) is 0 Å². The van der Waals surface area contributed by atoms with Crippen LogP contribution in [0.4, 0.5) is 5.69 Å². The Morgan fingerprint density at radius 3 is 2.59 bits per heavy atom. The van der Waals surface area contributed by atoms with Gasteiger partial charge in [-0.05, 0) is 97.8 Å². The first-order chi connectivity index (χ1) is 15.4. The number of nitrogens with zero attached hydrogens (tertiary/aromatic N) is 1. The van der Waals surface area contributed by atoms with Crippen LogP contribution in [-0.2, 0) is 9.53 Å². The number of hydrogen-bond donors (Lipinski definition) is 0. The summed E-state index contributed by atoms with van der Waals surface area (Å²) >= 11 is 0. The van der Waals surface area contributed by atoms with Crippen LogP contribution in [-0.4, -0.2) is 25.5 Å². The summed E-state index contributed by atoms with van der Waals surface area (Å²) in [4.78, 5) is 15.2. The zero-order chi connectivity index (χ0) is 22.1. The van der Waals surface area contributed by atoms with E-state index in [1.807, 2.05) is 12.3 Å². The van der Waals surface area contributed by atoms with E-state index in [-0.39, 0.29) is 16.9 Å². The van der Waals surface area contributed by atoms with E-state index < -0.39 is 0 Å². The van der Waals surface area contributed by atoms with Crippen LogP contribution in [0.5, 0.6) is 0 Å². The smallest absolute Gasteiger partial charge is 0.163 e. The van der Waals surface area contributed by atoms with Crippen molar-refractivity contribution in [3.05, 3.63) is 65.0 Å². The van der Waals surface area contributed by atoms with Gasteiger partial charge in [0.2, 0.25) is 0 Å². The fourth-order valence-electron chi connectivity index (χ4n) is 7.91. The Balaban J connectivity index is 1.33. The molecule has 0 bridgehead atoms. The predicted molar refractivity (Wildman–Crippen MR) is 129 cm³/mol. The summed E-state index contributed by atoms with van der Waals surface area (Å²) in [6.45, 7) is 2.52. The number of rotatable bonds is 2. The lowest BCUT2D eigenvalue weighted by Gasteiger charge is -2.52. The summed E-state index contributed by atoms with van der Waals surface area (Å²) < 4.78 is 6.32. The highest BCUT2D eigenvalue weighted by Crippen LogP contribution is 2.66. The first kappa shape index (κ1) is 20.3. The van der Waals surface area contributed by atoms with Crippen molar-refractivity contribution in [1.29, 1.82) is 0 Å². The van der Waals surface area contributed by atoms with E-state index in [4.69, 9.17) is 4.74 Å². The number of ether oxygens (including phenoxy) is 1. The average Bonchev–Trinajstić information content (AvgIpc) is 3.39. The van der Waals surface area contributed by atoms with E-state index in [1.54, 1.807) is 5.57 Å². The third kappa shape index (κ3) is 2.75. The third-order valence-corrected chi connectivity index (χ3v) is 9.78. The zero-order valence-corrected chi connectivity index (χ0v) is 19.7. The third-order valence-electron chi connectivity index (χ3n) is 9.78. The van der Waals surface area contributed by atoms with E-state index in [0.29, 0.717) is 11.7 Å². The van der Waals surface area contributed by atoms with Crippen molar-refractivity contribution >= 4 is 11.5 Å². The second kappa shape index (κ2) is 7.10. The van der Waals surface area contributed by atoms with Gasteiger partial charge in [-0.15, -0.1) is 0 Å². The van der Waals surface area contributed by atoms with Gasteiger partial charge in [0.15, 0.2) is 5.78 Å². The monoisotopic (exact) mass is 429 g/mol. The van der Waals surface area contributed by atoms with Crippen molar-refractivity contribution in [2.24, 2.45) is 17.3 Å².